The largest absolute Gasteiger partial charge is 0.491 e. The lowest BCUT2D eigenvalue weighted by atomic mass is 10.1. The first kappa shape index (κ1) is 14.3. The quantitative estimate of drug-likeness (QED) is 0.569. The Hall–Kier alpha value is -1.75. The van der Waals surface area contributed by atoms with Crippen LogP contribution < -0.4 is 15.8 Å². The zero-order chi connectivity index (χ0) is 13.4. The number of carbonyl (C=O) groups excluding carboxylic acids is 1. The number of ether oxygens (including phenoxy) is 2. The van der Waals surface area contributed by atoms with E-state index in [2.05, 4.69) is 5.32 Å². The van der Waals surface area contributed by atoms with Gasteiger partial charge < -0.3 is 20.5 Å². The van der Waals surface area contributed by atoms with Crippen molar-refractivity contribution in [3.8, 4) is 5.75 Å². The third-order valence-electron chi connectivity index (χ3n) is 2.33. The van der Waals surface area contributed by atoms with E-state index in [9.17, 15) is 4.79 Å². The van der Waals surface area contributed by atoms with Gasteiger partial charge in [0.15, 0.2) is 0 Å². The number of hydrogen-bond donors (Lipinski definition) is 2. The lowest BCUT2D eigenvalue weighted by Gasteiger charge is -2.10. The highest BCUT2D eigenvalue weighted by Crippen LogP contribution is 2.22. The zero-order valence-corrected chi connectivity index (χ0v) is 10.9. The van der Waals surface area contributed by atoms with Gasteiger partial charge in [0, 0.05) is 19.2 Å². The summed E-state index contributed by atoms with van der Waals surface area (Å²) >= 11 is 0. The van der Waals surface area contributed by atoms with Gasteiger partial charge in [-0.15, -0.1) is 0 Å². The van der Waals surface area contributed by atoms with Crippen molar-refractivity contribution < 1.29 is 14.3 Å². The average Bonchev–Trinajstić information content (AvgIpc) is 2.37. The molecule has 0 saturated heterocycles. The maximum Gasteiger partial charge on any atom is 0.251 e. The highest BCUT2D eigenvalue weighted by atomic mass is 16.5. The number of rotatable bonds is 7. The van der Waals surface area contributed by atoms with Crippen molar-refractivity contribution in [1.82, 2.24) is 5.32 Å². The second-order valence-electron chi connectivity index (χ2n) is 3.85. The lowest BCUT2D eigenvalue weighted by molar-refractivity contribution is 0.0937. The van der Waals surface area contributed by atoms with Crippen molar-refractivity contribution in [1.29, 1.82) is 0 Å². The lowest BCUT2D eigenvalue weighted by Crippen LogP contribution is -2.26. The summed E-state index contributed by atoms with van der Waals surface area (Å²) in [6, 6.07) is 5.03. The predicted molar refractivity (Wildman–Crippen MR) is 70.8 cm³/mol. The molecule has 1 amide bonds. The number of benzene rings is 1. The number of methoxy groups -OCH3 is 1. The van der Waals surface area contributed by atoms with Gasteiger partial charge in [-0.25, -0.2) is 0 Å². The van der Waals surface area contributed by atoms with Crippen LogP contribution in [0.5, 0.6) is 5.75 Å². The minimum absolute atomic E-state index is 0.166. The summed E-state index contributed by atoms with van der Waals surface area (Å²) < 4.78 is 10.3. The first-order valence-corrected chi connectivity index (χ1v) is 5.98. The van der Waals surface area contributed by atoms with Crippen LogP contribution in [0.3, 0.4) is 0 Å². The van der Waals surface area contributed by atoms with Gasteiger partial charge in [0.1, 0.15) is 5.75 Å². The van der Waals surface area contributed by atoms with Crippen LogP contribution in [0.1, 0.15) is 23.7 Å². The van der Waals surface area contributed by atoms with Crippen LogP contribution in [0.15, 0.2) is 18.2 Å². The van der Waals surface area contributed by atoms with Crippen molar-refractivity contribution in [3.63, 3.8) is 0 Å². The van der Waals surface area contributed by atoms with Crippen LogP contribution in [0.25, 0.3) is 0 Å². The minimum atomic E-state index is -0.166. The maximum absolute atomic E-state index is 11.7. The molecule has 5 nitrogen and oxygen atoms in total. The topological polar surface area (TPSA) is 73.6 Å². The Morgan fingerprint density at radius 2 is 2.17 bits per heavy atom. The van der Waals surface area contributed by atoms with E-state index in [1.54, 1.807) is 25.3 Å². The molecular formula is C13H20N2O3. The molecule has 0 aliphatic rings. The number of amides is 1. The number of carbonyl (C=O) groups is 1. The summed E-state index contributed by atoms with van der Waals surface area (Å²) in [5.41, 5.74) is 6.82. The molecule has 1 aromatic rings. The molecule has 0 fully saturated rings. The number of anilines is 1. The molecule has 1 rings (SSSR count). The molecule has 0 aromatic heterocycles. The highest BCUT2D eigenvalue weighted by molar-refractivity contribution is 5.95. The normalized spacial score (nSPS) is 10.1. The summed E-state index contributed by atoms with van der Waals surface area (Å²) in [5, 5.41) is 2.73. The molecular weight excluding hydrogens is 232 g/mol. The van der Waals surface area contributed by atoms with Crippen molar-refractivity contribution in [2.45, 2.75) is 13.3 Å². The van der Waals surface area contributed by atoms with Crippen LogP contribution in [-0.4, -0.2) is 32.8 Å². The molecule has 0 heterocycles. The van der Waals surface area contributed by atoms with Gasteiger partial charge in [-0.2, -0.15) is 0 Å². The Bertz CT molecular complexity index is 394. The summed E-state index contributed by atoms with van der Waals surface area (Å²) in [6.45, 7) is 3.60. The van der Waals surface area contributed by atoms with Crippen molar-refractivity contribution in [2.75, 3.05) is 32.6 Å². The molecule has 1 aromatic carbocycles. The van der Waals surface area contributed by atoms with Crippen LogP contribution in [0.2, 0.25) is 0 Å². The van der Waals surface area contributed by atoms with E-state index in [-0.39, 0.29) is 5.91 Å². The summed E-state index contributed by atoms with van der Waals surface area (Å²) in [6.07, 6.45) is 0.915. The number of nitrogen functional groups attached to an aromatic ring is 1. The molecule has 0 aliphatic carbocycles. The Morgan fingerprint density at radius 3 is 2.78 bits per heavy atom. The molecule has 0 saturated carbocycles. The fraction of sp³-hybridized carbons (Fsp3) is 0.462. The van der Waals surface area contributed by atoms with E-state index < -0.39 is 0 Å². The first-order chi connectivity index (χ1) is 8.69. The standard InChI is InChI=1S/C13H20N2O3/c1-3-7-18-12-5-4-10(9-11(12)14)13(16)15-6-8-17-2/h4-5,9H,3,6-8,14H2,1-2H3,(H,15,16). The maximum atomic E-state index is 11.7. The summed E-state index contributed by atoms with van der Waals surface area (Å²) in [5.74, 6) is 0.450. The van der Waals surface area contributed by atoms with E-state index in [1.165, 1.54) is 0 Å². The van der Waals surface area contributed by atoms with Crippen LogP contribution in [0.4, 0.5) is 5.69 Å². The van der Waals surface area contributed by atoms with E-state index in [1.807, 2.05) is 6.92 Å². The SMILES string of the molecule is CCCOc1ccc(C(=O)NCCOC)cc1N. The van der Waals surface area contributed by atoms with E-state index in [4.69, 9.17) is 15.2 Å². The second-order valence-corrected chi connectivity index (χ2v) is 3.85. The monoisotopic (exact) mass is 252 g/mol. The van der Waals surface area contributed by atoms with E-state index in [0.717, 1.165) is 6.42 Å². The number of hydrogen-bond acceptors (Lipinski definition) is 4. The second kappa shape index (κ2) is 7.55. The molecule has 3 N–H and O–H groups in total. The van der Waals surface area contributed by atoms with Gasteiger partial charge in [0.05, 0.1) is 18.9 Å². The average molecular weight is 252 g/mol. The van der Waals surface area contributed by atoms with Crippen molar-refractivity contribution in [3.05, 3.63) is 23.8 Å². The van der Waals surface area contributed by atoms with Gasteiger partial charge in [-0.1, -0.05) is 6.92 Å². The summed E-state index contributed by atoms with van der Waals surface area (Å²) in [7, 11) is 1.59. The first-order valence-electron chi connectivity index (χ1n) is 5.98. The molecule has 5 heteroatoms. The van der Waals surface area contributed by atoms with E-state index in [0.29, 0.717) is 36.8 Å². The third-order valence-corrected chi connectivity index (χ3v) is 2.33. The van der Waals surface area contributed by atoms with Crippen molar-refractivity contribution >= 4 is 11.6 Å². The van der Waals surface area contributed by atoms with Gasteiger partial charge in [0.25, 0.3) is 5.91 Å². The fourth-order valence-electron chi connectivity index (χ4n) is 1.40. The third kappa shape index (κ3) is 4.25. The molecule has 0 unspecified atom stereocenters. The molecule has 100 valence electrons. The summed E-state index contributed by atoms with van der Waals surface area (Å²) in [4.78, 5) is 11.7. The predicted octanol–water partition coefficient (Wildman–Crippen LogP) is 1.43. The molecule has 0 aliphatic heterocycles. The minimum Gasteiger partial charge on any atom is -0.491 e. The smallest absolute Gasteiger partial charge is 0.251 e. The Labute approximate surface area is 107 Å². The van der Waals surface area contributed by atoms with Crippen LogP contribution in [0, 0.1) is 0 Å². The van der Waals surface area contributed by atoms with Gasteiger partial charge in [0.2, 0.25) is 0 Å². The van der Waals surface area contributed by atoms with Gasteiger partial charge in [-0.3, -0.25) is 4.79 Å². The highest BCUT2D eigenvalue weighted by Gasteiger charge is 2.08. The molecule has 0 radical (unpaired) electrons. The van der Waals surface area contributed by atoms with Gasteiger partial charge in [-0.05, 0) is 24.6 Å². The molecule has 0 spiro atoms. The molecule has 0 atom stereocenters. The number of nitrogens with two attached hydrogens (primary N) is 1. The molecule has 18 heavy (non-hydrogen) atoms. The van der Waals surface area contributed by atoms with Crippen molar-refractivity contribution in [2.24, 2.45) is 0 Å². The Kier molecular flexibility index (Phi) is 6.00. The van der Waals surface area contributed by atoms with Gasteiger partial charge >= 0.3 is 0 Å². The fourth-order valence-corrected chi connectivity index (χ4v) is 1.40. The number of nitrogens with one attached hydrogen (secondary N) is 1. The zero-order valence-electron chi connectivity index (χ0n) is 10.9. The molecule has 0 bridgehead atoms. The van der Waals surface area contributed by atoms with E-state index >= 15 is 0 Å². The van der Waals surface area contributed by atoms with Crippen LogP contribution in [-0.2, 0) is 4.74 Å². The Morgan fingerprint density at radius 1 is 1.39 bits per heavy atom. The van der Waals surface area contributed by atoms with Crippen LogP contribution >= 0.6 is 0 Å². The Balaban J connectivity index is 2.62.